The highest BCUT2D eigenvalue weighted by Crippen LogP contribution is 2.38. The van der Waals surface area contributed by atoms with Gasteiger partial charge in [0.1, 0.15) is 0 Å². The van der Waals surface area contributed by atoms with Crippen molar-refractivity contribution in [2.24, 2.45) is 23.7 Å². The highest BCUT2D eigenvalue weighted by atomic mass is 16.2. The largest absolute Gasteiger partial charge is 0.353 e. The van der Waals surface area contributed by atoms with Gasteiger partial charge >= 0.3 is 0 Å². The Morgan fingerprint density at radius 1 is 1.14 bits per heavy atom. The van der Waals surface area contributed by atoms with Crippen LogP contribution in [-0.2, 0) is 9.59 Å². The molecule has 0 aliphatic heterocycles. The highest BCUT2D eigenvalue weighted by molar-refractivity contribution is 5.80. The number of hydrogen-bond acceptors (Lipinski definition) is 3. The van der Waals surface area contributed by atoms with Gasteiger partial charge in [-0.1, -0.05) is 57.5 Å². The Morgan fingerprint density at radius 3 is 2.43 bits per heavy atom. The van der Waals surface area contributed by atoms with Crippen LogP contribution in [0, 0.1) is 23.7 Å². The average Bonchev–Trinajstić information content (AvgIpc) is 2.64. The normalized spacial score (nSPS) is 23.5. The molecule has 1 aliphatic carbocycles. The minimum Gasteiger partial charge on any atom is -0.353 e. The van der Waals surface area contributed by atoms with Gasteiger partial charge in [0.25, 0.3) is 0 Å². The van der Waals surface area contributed by atoms with Crippen LogP contribution in [0.3, 0.4) is 0 Å². The van der Waals surface area contributed by atoms with E-state index in [1.165, 1.54) is 6.42 Å². The molecule has 28 heavy (non-hydrogen) atoms. The Hall–Kier alpha value is -1.88. The molecule has 4 atom stereocenters. The quantitative estimate of drug-likeness (QED) is 0.720. The molecule has 2 N–H and O–H groups in total. The van der Waals surface area contributed by atoms with E-state index in [0.717, 1.165) is 18.4 Å². The molecule has 0 spiro atoms. The van der Waals surface area contributed by atoms with Gasteiger partial charge in [-0.25, -0.2) is 0 Å². The summed E-state index contributed by atoms with van der Waals surface area (Å²) in [4.78, 5) is 27.2. The fourth-order valence-electron chi connectivity index (χ4n) is 4.30. The molecule has 2 amide bonds. The predicted molar refractivity (Wildman–Crippen MR) is 114 cm³/mol. The molecular formula is C23H37N3O2. The van der Waals surface area contributed by atoms with Gasteiger partial charge in [0.2, 0.25) is 11.8 Å². The molecule has 1 saturated carbocycles. The second-order valence-corrected chi connectivity index (χ2v) is 8.95. The number of carbonyl (C=O) groups is 2. The van der Waals surface area contributed by atoms with E-state index in [2.05, 4.69) is 31.4 Å². The van der Waals surface area contributed by atoms with E-state index < -0.39 is 0 Å². The van der Waals surface area contributed by atoms with Gasteiger partial charge in [0, 0.05) is 12.5 Å². The highest BCUT2D eigenvalue weighted by Gasteiger charge is 2.35. The first-order valence-corrected chi connectivity index (χ1v) is 10.5. The minimum atomic E-state index is -0.226. The lowest BCUT2D eigenvalue weighted by Gasteiger charge is -2.36. The van der Waals surface area contributed by atoms with Crippen molar-refractivity contribution >= 4 is 11.8 Å². The maximum atomic E-state index is 13.0. The van der Waals surface area contributed by atoms with Crippen LogP contribution in [-0.4, -0.2) is 43.9 Å². The van der Waals surface area contributed by atoms with Gasteiger partial charge in [-0.15, -0.1) is 0 Å². The van der Waals surface area contributed by atoms with Crippen molar-refractivity contribution in [1.82, 2.24) is 15.5 Å². The summed E-state index contributed by atoms with van der Waals surface area (Å²) in [5.41, 5.74) is 1.01. The smallest absolute Gasteiger partial charge is 0.234 e. The number of rotatable bonds is 8. The van der Waals surface area contributed by atoms with E-state index in [0.29, 0.717) is 30.8 Å². The topological polar surface area (TPSA) is 61.4 Å². The Bertz CT molecular complexity index is 630. The van der Waals surface area contributed by atoms with Crippen LogP contribution in [0.2, 0.25) is 0 Å². The summed E-state index contributed by atoms with van der Waals surface area (Å²) in [5.74, 6) is 1.70. The van der Waals surface area contributed by atoms with Crippen molar-refractivity contribution in [3.05, 3.63) is 35.9 Å². The van der Waals surface area contributed by atoms with Crippen molar-refractivity contribution < 1.29 is 9.59 Å². The van der Waals surface area contributed by atoms with E-state index in [1.54, 1.807) is 0 Å². The number of benzene rings is 1. The summed E-state index contributed by atoms with van der Waals surface area (Å²) in [7, 11) is 3.74. The van der Waals surface area contributed by atoms with Crippen LogP contribution in [0.5, 0.6) is 0 Å². The number of carbonyl (C=O) groups excluding carboxylic acids is 2. The van der Waals surface area contributed by atoms with Crippen molar-refractivity contribution in [1.29, 1.82) is 0 Å². The number of hydrogen-bond donors (Lipinski definition) is 2. The number of nitrogens with zero attached hydrogens (tertiary/aromatic N) is 1. The monoisotopic (exact) mass is 387 g/mol. The van der Waals surface area contributed by atoms with Gasteiger partial charge in [0.15, 0.2) is 0 Å². The third-order valence-electron chi connectivity index (χ3n) is 5.84. The van der Waals surface area contributed by atoms with E-state index >= 15 is 0 Å². The standard InChI is InChI=1S/C23H37N3O2/c1-16(2)19-12-11-17(3)13-20(19)23(28)24-14-21(18-9-7-6-8-10-18)25-22(27)15-26(4)5/h6-10,16-17,19-21H,11-15H2,1-5H3,(H,24,28)(H,25,27)/t17-,19+,20-,21-/m1/s1. The molecule has 0 saturated heterocycles. The molecular weight excluding hydrogens is 350 g/mol. The Balaban J connectivity index is 2.04. The number of likely N-dealkylation sites (N-methyl/N-ethyl adjacent to an activating group) is 1. The number of nitrogens with one attached hydrogen (secondary N) is 2. The minimum absolute atomic E-state index is 0.0422. The third kappa shape index (κ3) is 6.62. The van der Waals surface area contributed by atoms with E-state index in [4.69, 9.17) is 0 Å². The molecule has 1 aliphatic rings. The van der Waals surface area contributed by atoms with Gasteiger partial charge in [-0.05, 0) is 50.3 Å². The van der Waals surface area contributed by atoms with Gasteiger partial charge in [-0.3, -0.25) is 9.59 Å². The Kier molecular flexibility index (Phi) is 8.49. The molecule has 0 bridgehead atoms. The lowest BCUT2D eigenvalue weighted by Crippen LogP contribution is -2.45. The zero-order valence-corrected chi connectivity index (χ0v) is 18.1. The molecule has 2 rings (SSSR count). The summed E-state index contributed by atoms with van der Waals surface area (Å²) in [5, 5.41) is 6.22. The third-order valence-corrected chi connectivity index (χ3v) is 5.84. The fourth-order valence-corrected chi connectivity index (χ4v) is 4.30. The van der Waals surface area contributed by atoms with Crippen LogP contribution < -0.4 is 10.6 Å². The molecule has 0 radical (unpaired) electrons. The molecule has 1 aromatic rings. The zero-order chi connectivity index (χ0) is 20.7. The van der Waals surface area contributed by atoms with Gasteiger partial charge < -0.3 is 15.5 Å². The van der Waals surface area contributed by atoms with Crippen LogP contribution >= 0.6 is 0 Å². The van der Waals surface area contributed by atoms with E-state index in [-0.39, 0.29) is 23.8 Å². The maximum absolute atomic E-state index is 13.0. The van der Waals surface area contributed by atoms with Crippen LogP contribution in [0.15, 0.2) is 30.3 Å². The van der Waals surface area contributed by atoms with Crippen molar-refractivity contribution in [3.63, 3.8) is 0 Å². The molecule has 1 aromatic carbocycles. The first-order chi connectivity index (χ1) is 13.3. The average molecular weight is 388 g/mol. The summed E-state index contributed by atoms with van der Waals surface area (Å²) in [6, 6.07) is 9.63. The molecule has 0 heterocycles. The maximum Gasteiger partial charge on any atom is 0.234 e. The fraction of sp³-hybridized carbons (Fsp3) is 0.652. The van der Waals surface area contributed by atoms with Crippen molar-refractivity contribution in [2.45, 2.75) is 46.1 Å². The molecule has 156 valence electrons. The first kappa shape index (κ1) is 22.4. The first-order valence-electron chi connectivity index (χ1n) is 10.5. The van der Waals surface area contributed by atoms with Crippen molar-refractivity contribution in [2.75, 3.05) is 27.2 Å². The van der Waals surface area contributed by atoms with Crippen LogP contribution in [0.1, 0.15) is 51.6 Å². The van der Waals surface area contributed by atoms with E-state index in [1.807, 2.05) is 49.3 Å². The molecule has 1 fully saturated rings. The van der Waals surface area contributed by atoms with E-state index in [9.17, 15) is 9.59 Å². The van der Waals surface area contributed by atoms with Gasteiger partial charge in [0.05, 0.1) is 12.6 Å². The summed E-state index contributed by atoms with van der Waals surface area (Å²) < 4.78 is 0. The lowest BCUT2D eigenvalue weighted by molar-refractivity contribution is -0.130. The molecule has 0 aromatic heterocycles. The van der Waals surface area contributed by atoms with Crippen LogP contribution in [0.4, 0.5) is 0 Å². The zero-order valence-electron chi connectivity index (χ0n) is 18.1. The van der Waals surface area contributed by atoms with Crippen molar-refractivity contribution in [3.8, 4) is 0 Å². The molecule has 0 unspecified atom stereocenters. The lowest BCUT2D eigenvalue weighted by atomic mass is 9.70. The summed E-state index contributed by atoms with van der Waals surface area (Å²) >= 11 is 0. The number of amides is 2. The molecule has 5 heteroatoms. The predicted octanol–water partition coefficient (Wildman–Crippen LogP) is 3.23. The Morgan fingerprint density at radius 2 is 1.82 bits per heavy atom. The summed E-state index contributed by atoms with van der Waals surface area (Å²) in [6.45, 7) is 7.42. The Labute approximate surface area is 170 Å². The van der Waals surface area contributed by atoms with Gasteiger partial charge in [-0.2, -0.15) is 0 Å². The van der Waals surface area contributed by atoms with Crippen LogP contribution in [0.25, 0.3) is 0 Å². The second-order valence-electron chi connectivity index (χ2n) is 8.95. The summed E-state index contributed by atoms with van der Waals surface area (Å²) in [6.07, 6.45) is 3.29. The molecule has 5 nitrogen and oxygen atoms in total. The SMILES string of the molecule is CC(C)[C@@H]1CC[C@@H](C)C[C@H]1C(=O)NC[C@@H](NC(=O)CN(C)C)c1ccccc1. The second kappa shape index (κ2) is 10.6.